The van der Waals surface area contributed by atoms with E-state index in [9.17, 15) is 4.79 Å². The molecule has 1 atom stereocenters. The summed E-state index contributed by atoms with van der Waals surface area (Å²) in [4.78, 5) is 11.6. The third-order valence-electron chi connectivity index (χ3n) is 3.22. The number of hydrogen-bond acceptors (Lipinski definition) is 3. The Balaban J connectivity index is 2.24. The molecular formula is C15H13NO3. The number of carbonyl (C=O) groups excluding carboxylic acids is 1. The largest absolute Gasteiger partial charge is 0.497 e. The van der Waals surface area contributed by atoms with Gasteiger partial charge in [-0.15, -0.1) is 0 Å². The predicted octanol–water partition coefficient (Wildman–Crippen LogP) is 2.28. The molecule has 0 aliphatic carbocycles. The first-order valence-corrected chi connectivity index (χ1v) is 5.94. The molecule has 96 valence electrons. The van der Waals surface area contributed by atoms with Crippen molar-refractivity contribution in [3.63, 3.8) is 0 Å². The highest BCUT2D eigenvalue weighted by Crippen LogP contribution is 2.43. The zero-order valence-electron chi connectivity index (χ0n) is 10.4. The van der Waals surface area contributed by atoms with Gasteiger partial charge in [-0.2, -0.15) is 0 Å². The first-order valence-electron chi connectivity index (χ1n) is 5.94. The molecule has 2 aromatic carbocycles. The van der Waals surface area contributed by atoms with Crippen molar-refractivity contribution in [2.75, 3.05) is 7.11 Å². The van der Waals surface area contributed by atoms with Gasteiger partial charge in [0.05, 0.1) is 7.11 Å². The number of nitrogens with two attached hydrogens (primary N) is 1. The molecule has 1 aliphatic rings. The number of amides is 1. The Morgan fingerprint density at radius 2 is 2.00 bits per heavy atom. The Labute approximate surface area is 110 Å². The molecule has 0 aromatic heterocycles. The molecule has 0 fully saturated rings. The van der Waals surface area contributed by atoms with Gasteiger partial charge in [0.25, 0.3) is 5.91 Å². The number of rotatable bonds is 2. The first kappa shape index (κ1) is 11.6. The van der Waals surface area contributed by atoms with Crippen LogP contribution in [0.1, 0.15) is 11.7 Å². The van der Waals surface area contributed by atoms with Crippen molar-refractivity contribution in [3.8, 4) is 22.6 Å². The zero-order chi connectivity index (χ0) is 13.4. The monoisotopic (exact) mass is 255 g/mol. The second-order valence-corrected chi connectivity index (χ2v) is 4.35. The van der Waals surface area contributed by atoms with Gasteiger partial charge in [0.15, 0.2) is 0 Å². The van der Waals surface area contributed by atoms with Crippen molar-refractivity contribution < 1.29 is 14.3 Å². The fourth-order valence-electron chi connectivity index (χ4n) is 2.32. The lowest BCUT2D eigenvalue weighted by molar-refractivity contribution is -0.125. The van der Waals surface area contributed by atoms with Gasteiger partial charge in [-0.1, -0.05) is 24.3 Å². The van der Waals surface area contributed by atoms with Crippen LogP contribution in [0.2, 0.25) is 0 Å². The Bertz CT molecular complexity index is 652. The smallest absolute Gasteiger partial charge is 0.263 e. The number of para-hydroxylation sites is 1. The highest BCUT2D eigenvalue weighted by atomic mass is 16.5. The van der Waals surface area contributed by atoms with Crippen LogP contribution in [0.5, 0.6) is 11.5 Å². The molecule has 3 rings (SSSR count). The topological polar surface area (TPSA) is 61.5 Å². The minimum absolute atomic E-state index is 0.510. The molecule has 19 heavy (non-hydrogen) atoms. The Morgan fingerprint density at radius 1 is 1.21 bits per heavy atom. The summed E-state index contributed by atoms with van der Waals surface area (Å²) in [6.07, 6.45) is -0.778. The highest BCUT2D eigenvalue weighted by Gasteiger charge is 2.30. The van der Waals surface area contributed by atoms with Gasteiger partial charge >= 0.3 is 0 Å². The van der Waals surface area contributed by atoms with Gasteiger partial charge in [-0.25, -0.2) is 0 Å². The lowest BCUT2D eigenvalue weighted by atomic mass is 9.92. The molecule has 1 heterocycles. The van der Waals surface area contributed by atoms with Crippen LogP contribution in [-0.2, 0) is 4.79 Å². The molecule has 0 saturated heterocycles. The van der Waals surface area contributed by atoms with E-state index in [1.54, 1.807) is 13.2 Å². The van der Waals surface area contributed by atoms with Gasteiger partial charge < -0.3 is 15.2 Å². The summed E-state index contributed by atoms with van der Waals surface area (Å²) in [5.41, 5.74) is 8.07. The first-order chi connectivity index (χ1) is 9.20. The number of primary amides is 1. The maximum Gasteiger partial charge on any atom is 0.263 e. The van der Waals surface area contributed by atoms with Crippen LogP contribution in [-0.4, -0.2) is 13.0 Å². The molecule has 2 aromatic rings. The third kappa shape index (κ3) is 1.81. The number of benzene rings is 2. The fraction of sp³-hybridized carbons (Fsp3) is 0.133. The minimum atomic E-state index is -0.778. The molecular weight excluding hydrogens is 242 g/mol. The standard InChI is InChI=1S/C15H13NO3/c1-18-9-6-7-10-11-4-2-3-5-13(11)19-14(15(16)17)12(10)8-9/h2-8,14H,1H3,(H2,16,17). The molecule has 0 radical (unpaired) electrons. The summed E-state index contributed by atoms with van der Waals surface area (Å²) in [5, 5.41) is 0. The van der Waals surface area contributed by atoms with Crippen LogP contribution < -0.4 is 15.2 Å². The quantitative estimate of drug-likeness (QED) is 0.895. The molecule has 4 nitrogen and oxygen atoms in total. The average molecular weight is 255 g/mol. The number of ether oxygens (including phenoxy) is 2. The van der Waals surface area contributed by atoms with E-state index in [1.165, 1.54) is 0 Å². The summed E-state index contributed by atoms with van der Waals surface area (Å²) in [6, 6.07) is 13.2. The van der Waals surface area contributed by atoms with Crippen LogP contribution in [0, 0.1) is 0 Å². The van der Waals surface area contributed by atoms with Crippen molar-refractivity contribution in [2.24, 2.45) is 5.73 Å². The Morgan fingerprint density at radius 3 is 2.74 bits per heavy atom. The van der Waals surface area contributed by atoms with Gasteiger partial charge in [0.1, 0.15) is 11.5 Å². The predicted molar refractivity (Wildman–Crippen MR) is 71.0 cm³/mol. The van der Waals surface area contributed by atoms with Crippen LogP contribution in [0.3, 0.4) is 0 Å². The van der Waals surface area contributed by atoms with Crippen LogP contribution in [0.4, 0.5) is 0 Å². The lowest BCUT2D eigenvalue weighted by Crippen LogP contribution is -2.28. The van der Waals surface area contributed by atoms with Gasteiger partial charge in [-0.3, -0.25) is 4.79 Å². The number of methoxy groups -OCH3 is 1. The van der Waals surface area contributed by atoms with Crippen LogP contribution in [0.15, 0.2) is 42.5 Å². The fourth-order valence-corrected chi connectivity index (χ4v) is 2.32. The molecule has 1 aliphatic heterocycles. The highest BCUT2D eigenvalue weighted by molar-refractivity contribution is 5.88. The van der Waals surface area contributed by atoms with Crippen molar-refractivity contribution in [1.82, 2.24) is 0 Å². The second-order valence-electron chi connectivity index (χ2n) is 4.35. The zero-order valence-corrected chi connectivity index (χ0v) is 10.4. The molecule has 4 heteroatoms. The van der Waals surface area contributed by atoms with Gasteiger partial charge in [0.2, 0.25) is 6.10 Å². The Kier molecular flexibility index (Phi) is 2.63. The molecule has 0 bridgehead atoms. The SMILES string of the molecule is COc1ccc2c(c1)C(C(N)=O)Oc1ccccc1-2. The van der Waals surface area contributed by atoms with Crippen LogP contribution in [0.25, 0.3) is 11.1 Å². The summed E-state index contributed by atoms with van der Waals surface area (Å²) >= 11 is 0. The lowest BCUT2D eigenvalue weighted by Gasteiger charge is -2.27. The van der Waals surface area contributed by atoms with E-state index in [4.69, 9.17) is 15.2 Å². The normalized spacial score (nSPS) is 15.9. The van der Waals surface area contributed by atoms with E-state index in [0.29, 0.717) is 11.5 Å². The Hall–Kier alpha value is -2.49. The van der Waals surface area contributed by atoms with Crippen molar-refractivity contribution in [3.05, 3.63) is 48.0 Å². The molecule has 2 N–H and O–H groups in total. The van der Waals surface area contributed by atoms with Crippen molar-refractivity contribution in [1.29, 1.82) is 0 Å². The van der Waals surface area contributed by atoms with Crippen LogP contribution >= 0.6 is 0 Å². The van der Waals surface area contributed by atoms with E-state index in [0.717, 1.165) is 16.7 Å². The molecule has 1 unspecified atom stereocenters. The molecule has 0 saturated carbocycles. The maximum absolute atomic E-state index is 11.6. The van der Waals surface area contributed by atoms with E-state index in [1.807, 2.05) is 36.4 Å². The molecule has 1 amide bonds. The van der Waals surface area contributed by atoms with Gasteiger partial charge in [-0.05, 0) is 23.8 Å². The van der Waals surface area contributed by atoms with Crippen molar-refractivity contribution >= 4 is 5.91 Å². The summed E-state index contributed by atoms with van der Waals surface area (Å²) < 4.78 is 10.9. The summed E-state index contributed by atoms with van der Waals surface area (Å²) in [6.45, 7) is 0. The number of carbonyl (C=O) groups is 1. The van der Waals surface area contributed by atoms with E-state index in [2.05, 4.69) is 0 Å². The maximum atomic E-state index is 11.6. The summed E-state index contributed by atoms with van der Waals surface area (Å²) in [7, 11) is 1.58. The third-order valence-corrected chi connectivity index (χ3v) is 3.22. The van der Waals surface area contributed by atoms with E-state index < -0.39 is 12.0 Å². The van der Waals surface area contributed by atoms with Gasteiger partial charge in [0, 0.05) is 11.1 Å². The van der Waals surface area contributed by atoms with E-state index in [-0.39, 0.29) is 0 Å². The number of hydrogen-bond donors (Lipinski definition) is 1. The minimum Gasteiger partial charge on any atom is -0.497 e. The number of fused-ring (bicyclic) bond motifs is 3. The summed E-state index contributed by atoms with van der Waals surface area (Å²) in [5.74, 6) is 0.834. The average Bonchev–Trinajstić information content (AvgIpc) is 2.45. The second kappa shape index (κ2) is 4.31. The van der Waals surface area contributed by atoms with E-state index >= 15 is 0 Å². The molecule has 0 spiro atoms. The van der Waals surface area contributed by atoms with Crippen molar-refractivity contribution in [2.45, 2.75) is 6.10 Å².